The summed E-state index contributed by atoms with van der Waals surface area (Å²) in [7, 11) is 0. The van der Waals surface area contributed by atoms with E-state index in [1.54, 1.807) is 6.21 Å². The molecule has 1 aromatic heterocycles. The number of carbonyl (C=O) groups excluding carboxylic acids is 1. The molecule has 0 spiro atoms. The van der Waals surface area contributed by atoms with Crippen molar-refractivity contribution in [1.29, 1.82) is 0 Å². The number of amides is 1. The van der Waals surface area contributed by atoms with Gasteiger partial charge < -0.3 is 4.57 Å². The van der Waals surface area contributed by atoms with Gasteiger partial charge in [-0.1, -0.05) is 66.2 Å². The lowest BCUT2D eigenvalue weighted by Crippen LogP contribution is -2.20. The van der Waals surface area contributed by atoms with E-state index < -0.39 is 0 Å². The maximum absolute atomic E-state index is 12.4. The fraction of sp³-hybridized carbons (Fsp3) is 0.185. The minimum atomic E-state index is -0.117. The first-order valence-electron chi connectivity index (χ1n) is 10.5. The Hall–Kier alpha value is -3.66. The molecule has 4 aromatic rings. The Balaban J connectivity index is 1.52. The Morgan fingerprint density at radius 3 is 2.52 bits per heavy atom. The lowest BCUT2D eigenvalue weighted by molar-refractivity contribution is -0.120. The molecule has 0 bridgehead atoms. The number of nitrogens with one attached hydrogen (secondary N) is 1. The molecule has 0 aliphatic carbocycles. The average molecular weight is 410 g/mol. The van der Waals surface area contributed by atoms with Gasteiger partial charge in [-0.05, 0) is 49.1 Å². The largest absolute Gasteiger partial charge is 0.342 e. The zero-order valence-corrected chi connectivity index (χ0v) is 18.2. The minimum Gasteiger partial charge on any atom is -0.342 e. The molecular weight excluding hydrogens is 382 g/mol. The van der Waals surface area contributed by atoms with Crippen LogP contribution in [0.2, 0.25) is 0 Å². The van der Waals surface area contributed by atoms with Crippen LogP contribution >= 0.6 is 0 Å². The summed E-state index contributed by atoms with van der Waals surface area (Å²) >= 11 is 0. The van der Waals surface area contributed by atoms with Gasteiger partial charge in [0.05, 0.1) is 12.6 Å². The molecule has 4 heteroatoms. The highest BCUT2D eigenvalue weighted by Crippen LogP contribution is 2.22. The Morgan fingerprint density at radius 1 is 0.935 bits per heavy atom. The molecule has 0 fully saturated rings. The molecule has 0 aliphatic heterocycles. The minimum absolute atomic E-state index is 0.117. The van der Waals surface area contributed by atoms with Gasteiger partial charge in [0.2, 0.25) is 5.91 Å². The first kappa shape index (κ1) is 20.6. The summed E-state index contributed by atoms with van der Waals surface area (Å²) in [5.41, 5.74) is 10.7. The van der Waals surface area contributed by atoms with Crippen molar-refractivity contribution < 1.29 is 4.79 Å². The lowest BCUT2D eigenvalue weighted by Gasteiger charge is -2.08. The van der Waals surface area contributed by atoms with Gasteiger partial charge in [0.25, 0.3) is 0 Å². The van der Waals surface area contributed by atoms with Crippen LogP contribution in [0.25, 0.3) is 10.9 Å². The highest BCUT2D eigenvalue weighted by atomic mass is 16.2. The molecular formula is C27H27N3O. The number of benzene rings is 3. The third-order valence-corrected chi connectivity index (χ3v) is 5.67. The van der Waals surface area contributed by atoms with E-state index in [0.717, 1.165) is 39.7 Å². The molecule has 4 rings (SSSR count). The first-order valence-corrected chi connectivity index (χ1v) is 10.5. The summed E-state index contributed by atoms with van der Waals surface area (Å²) in [4.78, 5) is 12.4. The van der Waals surface area contributed by atoms with Crippen molar-refractivity contribution in [3.8, 4) is 0 Å². The molecule has 0 aliphatic rings. The number of carbonyl (C=O) groups is 1. The fourth-order valence-electron chi connectivity index (χ4n) is 3.86. The second-order valence-corrected chi connectivity index (χ2v) is 8.06. The van der Waals surface area contributed by atoms with Crippen LogP contribution in [-0.2, 0) is 17.8 Å². The molecule has 1 N–H and O–H groups in total. The van der Waals surface area contributed by atoms with Gasteiger partial charge in [-0.2, -0.15) is 5.10 Å². The number of hydrogen-bond acceptors (Lipinski definition) is 2. The van der Waals surface area contributed by atoms with Crippen LogP contribution in [-0.4, -0.2) is 16.7 Å². The second-order valence-electron chi connectivity index (χ2n) is 8.06. The van der Waals surface area contributed by atoms with Crippen LogP contribution in [0.3, 0.4) is 0 Å². The maximum atomic E-state index is 12.4. The molecule has 3 aromatic carbocycles. The maximum Gasteiger partial charge on any atom is 0.244 e. The van der Waals surface area contributed by atoms with Crippen LogP contribution in [0.1, 0.15) is 33.4 Å². The average Bonchev–Trinajstić information content (AvgIpc) is 3.10. The monoisotopic (exact) mass is 409 g/mol. The summed E-state index contributed by atoms with van der Waals surface area (Å²) in [6, 6.07) is 22.9. The number of hydrogen-bond donors (Lipinski definition) is 1. The summed E-state index contributed by atoms with van der Waals surface area (Å²) in [5, 5.41) is 5.35. The molecule has 0 saturated carbocycles. The number of hydrazone groups is 1. The molecule has 0 radical (unpaired) electrons. The first-order chi connectivity index (χ1) is 15.0. The summed E-state index contributed by atoms with van der Waals surface area (Å²) < 4.78 is 2.23. The summed E-state index contributed by atoms with van der Waals surface area (Å²) in [5.74, 6) is -0.117. The highest BCUT2D eigenvalue weighted by molar-refractivity contribution is 5.99. The van der Waals surface area contributed by atoms with Crippen molar-refractivity contribution in [3.05, 3.63) is 106 Å². The van der Waals surface area contributed by atoms with Crippen LogP contribution in [0, 0.1) is 20.8 Å². The quantitative estimate of drug-likeness (QED) is 0.341. The SMILES string of the molecule is Cc1ccc(C)c(CC(=O)N/N=C\c2cn(Cc3ccccc3C)c3ccccc23)c1. The number of fused-ring (bicyclic) bond motifs is 1. The second kappa shape index (κ2) is 9.00. The van der Waals surface area contributed by atoms with Gasteiger partial charge in [0.1, 0.15) is 0 Å². The molecule has 0 atom stereocenters. The smallest absolute Gasteiger partial charge is 0.244 e. The van der Waals surface area contributed by atoms with Crippen molar-refractivity contribution in [2.45, 2.75) is 33.7 Å². The predicted octanol–water partition coefficient (Wildman–Crippen LogP) is 5.31. The van der Waals surface area contributed by atoms with Crippen LogP contribution in [0.5, 0.6) is 0 Å². The third kappa shape index (κ3) is 4.75. The number of para-hydroxylation sites is 1. The zero-order chi connectivity index (χ0) is 21.8. The number of rotatable bonds is 6. The van der Waals surface area contributed by atoms with E-state index in [0.29, 0.717) is 6.42 Å². The number of aromatic nitrogens is 1. The van der Waals surface area contributed by atoms with Crippen molar-refractivity contribution in [1.82, 2.24) is 9.99 Å². The van der Waals surface area contributed by atoms with E-state index >= 15 is 0 Å². The van der Waals surface area contributed by atoms with Crippen LogP contribution < -0.4 is 5.43 Å². The topological polar surface area (TPSA) is 46.4 Å². The molecule has 0 saturated heterocycles. The van der Waals surface area contributed by atoms with E-state index in [4.69, 9.17) is 0 Å². The zero-order valence-electron chi connectivity index (χ0n) is 18.2. The van der Waals surface area contributed by atoms with Crippen LogP contribution in [0.15, 0.2) is 78.0 Å². The van der Waals surface area contributed by atoms with E-state index in [1.165, 1.54) is 11.1 Å². The normalized spacial score (nSPS) is 11.3. The number of nitrogens with zero attached hydrogens (tertiary/aromatic N) is 2. The Bertz CT molecular complexity index is 1270. The Morgan fingerprint density at radius 2 is 1.68 bits per heavy atom. The van der Waals surface area contributed by atoms with Crippen LogP contribution in [0.4, 0.5) is 0 Å². The van der Waals surface area contributed by atoms with Crippen molar-refractivity contribution in [2.75, 3.05) is 0 Å². The standard InChI is InChI=1S/C27H27N3O/c1-19-12-13-21(3)23(14-19)15-27(31)29-28-16-24-18-30(26-11-7-6-10-25(24)26)17-22-9-5-4-8-20(22)2/h4-14,16,18H,15,17H2,1-3H3,(H,29,31)/b28-16-. The van der Waals surface area contributed by atoms with Gasteiger partial charge in [-0.15, -0.1) is 0 Å². The van der Waals surface area contributed by atoms with Gasteiger partial charge in [-0.25, -0.2) is 5.43 Å². The number of aryl methyl sites for hydroxylation is 3. The lowest BCUT2D eigenvalue weighted by atomic mass is 10.0. The third-order valence-electron chi connectivity index (χ3n) is 5.67. The molecule has 1 amide bonds. The fourth-order valence-corrected chi connectivity index (χ4v) is 3.86. The van der Waals surface area contributed by atoms with Crippen molar-refractivity contribution >= 4 is 23.0 Å². The molecule has 1 heterocycles. The molecule has 31 heavy (non-hydrogen) atoms. The van der Waals surface area contributed by atoms with E-state index in [9.17, 15) is 4.79 Å². The summed E-state index contributed by atoms with van der Waals surface area (Å²) in [6.45, 7) is 6.98. The molecule has 0 unspecified atom stereocenters. The Labute approximate surface area is 183 Å². The summed E-state index contributed by atoms with van der Waals surface area (Å²) in [6.07, 6.45) is 4.15. The Kier molecular flexibility index (Phi) is 5.99. The molecule has 156 valence electrons. The predicted molar refractivity (Wildman–Crippen MR) is 128 cm³/mol. The van der Waals surface area contributed by atoms with E-state index in [2.05, 4.69) is 76.7 Å². The van der Waals surface area contributed by atoms with E-state index in [-0.39, 0.29) is 5.91 Å². The van der Waals surface area contributed by atoms with Gasteiger partial charge in [0.15, 0.2) is 0 Å². The van der Waals surface area contributed by atoms with Gasteiger partial charge in [0, 0.05) is 29.2 Å². The van der Waals surface area contributed by atoms with E-state index in [1.807, 2.05) is 32.0 Å². The highest BCUT2D eigenvalue weighted by Gasteiger charge is 2.09. The molecule has 4 nitrogen and oxygen atoms in total. The van der Waals surface area contributed by atoms with Gasteiger partial charge >= 0.3 is 0 Å². The van der Waals surface area contributed by atoms with Crippen molar-refractivity contribution in [3.63, 3.8) is 0 Å². The van der Waals surface area contributed by atoms with Gasteiger partial charge in [-0.3, -0.25) is 4.79 Å². The van der Waals surface area contributed by atoms with Crippen molar-refractivity contribution in [2.24, 2.45) is 5.10 Å².